The van der Waals surface area contributed by atoms with Gasteiger partial charge < -0.3 is 9.84 Å². The first-order valence-corrected chi connectivity index (χ1v) is 12.4. The van der Waals surface area contributed by atoms with Gasteiger partial charge in [0.05, 0.1) is 17.4 Å². The molecule has 186 valence electrons. The van der Waals surface area contributed by atoms with E-state index in [1.165, 1.54) is 49.6 Å². The molecule has 4 aromatic rings. The van der Waals surface area contributed by atoms with Gasteiger partial charge in [-0.1, -0.05) is 29.5 Å². The third kappa shape index (κ3) is 4.82. The molecule has 4 rings (SSSR count). The monoisotopic (exact) mass is 511 g/mol. The van der Waals surface area contributed by atoms with Gasteiger partial charge in [-0.25, -0.2) is 17.5 Å². The first kappa shape index (κ1) is 25.0. The van der Waals surface area contributed by atoms with Crippen LogP contribution >= 0.6 is 0 Å². The molecule has 0 aliphatic carbocycles. The molecule has 0 aliphatic heterocycles. The Balaban J connectivity index is 1.58. The fourth-order valence-corrected chi connectivity index (χ4v) is 5.28. The van der Waals surface area contributed by atoms with E-state index in [9.17, 15) is 27.5 Å². The third-order valence-electron chi connectivity index (χ3n) is 5.87. The smallest absolute Gasteiger partial charge is 0.322 e. The summed E-state index contributed by atoms with van der Waals surface area (Å²) in [5.41, 5.74) is 1.39. The fourth-order valence-electron chi connectivity index (χ4n) is 3.75. The zero-order valence-electron chi connectivity index (χ0n) is 19.4. The number of aryl methyl sites for hydroxylation is 2. The maximum absolute atomic E-state index is 13.9. The lowest BCUT2D eigenvalue weighted by molar-refractivity contribution is -0.136. The molecule has 1 unspecified atom stereocenters. The van der Waals surface area contributed by atoms with Crippen LogP contribution in [0.4, 0.5) is 4.39 Å². The average molecular weight is 512 g/mol. The number of ether oxygens (including phenoxy) is 1. The molecule has 36 heavy (non-hydrogen) atoms. The van der Waals surface area contributed by atoms with Crippen molar-refractivity contribution in [2.24, 2.45) is 0 Å². The van der Waals surface area contributed by atoms with E-state index in [-0.39, 0.29) is 22.6 Å². The summed E-state index contributed by atoms with van der Waals surface area (Å²) in [4.78, 5) is 24.5. The molecule has 0 amide bonds. The molecular formula is C25H22FN3O6S. The normalized spacial score (nSPS) is 12.4. The van der Waals surface area contributed by atoms with Crippen LogP contribution in [0.15, 0.2) is 70.4 Å². The van der Waals surface area contributed by atoms with Crippen molar-refractivity contribution >= 4 is 26.7 Å². The second-order valence-electron chi connectivity index (χ2n) is 8.15. The summed E-state index contributed by atoms with van der Waals surface area (Å²) in [5.74, 6) is -1.45. The quantitative estimate of drug-likeness (QED) is 0.382. The SMILES string of the molecule is COc1ccc2c(=O)n(CCC(C(=O)O)S(=O)(=O)c3ccc(-c4ccc(C)c(F)c4)cc3)nnc2c1. The number of fused-ring (bicyclic) bond motifs is 1. The number of sulfone groups is 1. The summed E-state index contributed by atoms with van der Waals surface area (Å²) in [6.45, 7) is 1.36. The van der Waals surface area contributed by atoms with Gasteiger partial charge in [-0.2, -0.15) is 0 Å². The van der Waals surface area contributed by atoms with Gasteiger partial charge in [0.1, 0.15) is 17.1 Å². The highest BCUT2D eigenvalue weighted by Gasteiger charge is 2.34. The van der Waals surface area contributed by atoms with Gasteiger partial charge >= 0.3 is 5.97 Å². The number of benzene rings is 3. The van der Waals surface area contributed by atoms with E-state index < -0.39 is 33.0 Å². The molecular weight excluding hydrogens is 489 g/mol. The molecule has 9 nitrogen and oxygen atoms in total. The van der Waals surface area contributed by atoms with Crippen molar-refractivity contribution in [3.8, 4) is 16.9 Å². The Kier molecular flexibility index (Phi) is 6.84. The highest BCUT2D eigenvalue weighted by atomic mass is 32.2. The number of carboxylic acids is 1. The van der Waals surface area contributed by atoms with E-state index in [1.807, 2.05) is 0 Å². The van der Waals surface area contributed by atoms with Crippen LogP contribution in [0.1, 0.15) is 12.0 Å². The predicted molar refractivity (Wildman–Crippen MR) is 130 cm³/mol. The van der Waals surface area contributed by atoms with Gasteiger partial charge in [0.2, 0.25) is 0 Å². The number of hydrogen-bond donors (Lipinski definition) is 1. The molecule has 0 aliphatic rings. The molecule has 0 saturated carbocycles. The fraction of sp³-hybridized carbons (Fsp3) is 0.200. The Morgan fingerprint density at radius 1 is 1.08 bits per heavy atom. The van der Waals surface area contributed by atoms with Crippen LogP contribution in [-0.4, -0.2) is 46.8 Å². The number of carbonyl (C=O) groups is 1. The second-order valence-corrected chi connectivity index (χ2v) is 10.3. The highest BCUT2D eigenvalue weighted by Crippen LogP contribution is 2.26. The Morgan fingerprint density at radius 3 is 2.42 bits per heavy atom. The van der Waals surface area contributed by atoms with Crippen LogP contribution in [0, 0.1) is 12.7 Å². The lowest BCUT2D eigenvalue weighted by Gasteiger charge is -2.14. The first-order chi connectivity index (χ1) is 17.1. The van der Waals surface area contributed by atoms with Crippen molar-refractivity contribution in [3.05, 3.63) is 82.4 Å². The molecule has 11 heteroatoms. The summed E-state index contributed by atoms with van der Waals surface area (Å²) >= 11 is 0. The van der Waals surface area contributed by atoms with Crippen LogP contribution < -0.4 is 10.3 Å². The van der Waals surface area contributed by atoms with Gasteiger partial charge in [-0.15, -0.1) is 5.10 Å². The van der Waals surface area contributed by atoms with E-state index in [1.54, 1.807) is 25.1 Å². The van der Waals surface area contributed by atoms with E-state index >= 15 is 0 Å². The number of hydrogen-bond acceptors (Lipinski definition) is 7. The van der Waals surface area contributed by atoms with Crippen LogP contribution in [0.3, 0.4) is 0 Å². The van der Waals surface area contributed by atoms with Crippen molar-refractivity contribution in [1.82, 2.24) is 15.0 Å². The minimum Gasteiger partial charge on any atom is -0.497 e. The lowest BCUT2D eigenvalue weighted by atomic mass is 10.0. The third-order valence-corrected chi connectivity index (χ3v) is 7.99. The topological polar surface area (TPSA) is 128 Å². The maximum atomic E-state index is 13.9. The van der Waals surface area contributed by atoms with E-state index in [0.29, 0.717) is 28.0 Å². The van der Waals surface area contributed by atoms with E-state index in [4.69, 9.17) is 4.74 Å². The van der Waals surface area contributed by atoms with E-state index in [0.717, 1.165) is 4.68 Å². The highest BCUT2D eigenvalue weighted by molar-refractivity contribution is 7.92. The van der Waals surface area contributed by atoms with E-state index in [2.05, 4.69) is 10.3 Å². The second kappa shape index (κ2) is 9.86. The molecule has 3 aromatic carbocycles. The standard InChI is InChI=1S/C25H22FN3O6S/c1-15-3-4-17(13-21(15)26)16-5-8-19(9-6-16)36(33,34)23(25(31)32)11-12-29-24(30)20-10-7-18(35-2)14-22(20)27-28-29/h3-10,13-14,23H,11-12H2,1-2H3,(H,31,32). The molecule has 0 spiro atoms. The number of aromatic nitrogens is 3. The summed E-state index contributed by atoms with van der Waals surface area (Å²) < 4.78 is 46.2. The Labute approximate surface area is 205 Å². The zero-order chi connectivity index (χ0) is 26.0. The summed E-state index contributed by atoms with van der Waals surface area (Å²) in [6, 6.07) is 14.8. The Bertz CT molecular complexity index is 1620. The van der Waals surface area contributed by atoms with Crippen molar-refractivity contribution in [2.75, 3.05) is 7.11 Å². The molecule has 0 saturated heterocycles. The minimum absolute atomic E-state index is 0.199. The molecule has 1 N–H and O–H groups in total. The van der Waals surface area contributed by atoms with Crippen LogP contribution in [-0.2, 0) is 21.2 Å². The summed E-state index contributed by atoms with van der Waals surface area (Å²) in [6.07, 6.45) is -0.404. The number of nitrogens with zero attached hydrogens (tertiary/aromatic N) is 3. The first-order valence-electron chi connectivity index (χ1n) is 10.9. The zero-order valence-corrected chi connectivity index (χ0v) is 20.2. The average Bonchev–Trinajstić information content (AvgIpc) is 2.86. The molecule has 0 fully saturated rings. The molecule has 1 aromatic heterocycles. The molecule has 1 atom stereocenters. The number of aliphatic carboxylic acids is 1. The van der Waals surface area contributed by atoms with Gasteiger partial charge in [-0.05, 0) is 60.4 Å². The van der Waals surface area contributed by atoms with Crippen molar-refractivity contribution in [2.45, 2.75) is 30.0 Å². The van der Waals surface area contributed by atoms with Crippen LogP contribution in [0.25, 0.3) is 22.0 Å². The maximum Gasteiger partial charge on any atom is 0.322 e. The van der Waals surface area contributed by atoms with Crippen LogP contribution in [0.5, 0.6) is 5.75 Å². The van der Waals surface area contributed by atoms with Gasteiger partial charge in [0, 0.05) is 12.6 Å². The largest absolute Gasteiger partial charge is 0.497 e. The molecule has 0 radical (unpaired) electrons. The van der Waals surface area contributed by atoms with Gasteiger partial charge in [0.15, 0.2) is 15.1 Å². The van der Waals surface area contributed by atoms with Crippen LogP contribution in [0.2, 0.25) is 0 Å². The predicted octanol–water partition coefficient (Wildman–Crippen LogP) is 3.23. The lowest BCUT2D eigenvalue weighted by Crippen LogP contribution is -2.34. The summed E-state index contributed by atoms with van der Waals surface area (Å²) in [7, 11) is -2.83. The number of carboxylic acid groups (broad SMARTS) is 1. The number of halogens is 1. The number of methoxy groups -OCH3 is 1. The molecule has 1 heterocycles. The van der Waals surface area contributed by atoms with Gasteiger partial charge in [-0.3, -0.25) is 9.59 Å². The number of rotatable bonds is 8. The molecule has 0 bridgehead atoms. The van der Waals surface area contributed by atoms with Crippen molar-refractivity contribution in [1.29, 1.82) is 0 Å². The van der Waals surface area contributed by atoms with Crippen molar-refractivity contribution in [3.63, 3.8) is 0 Å². The van der Waals surface area contributed by atoms with Crippen molar-refractivity contribution < 1.29 is 27.4 Å². The Morgan fingerprint density at radius 2 is 1.78 bits per heavy atom. The van der Waals surface area contributed by atoms with Gasteiger partial charge in [0.25, 0.3) is 5.56 Å². The Hall–Kier alpha value is -4.12. The minimum atomic E-state index is -4.30. The summed E-state index contributed by atoms with van der Waals surface area (Å²) in [5, 5.41) is 15.9.